The Morgan fingerprint density at radius 3 is 2.05 bits per heavy atom. The molecule has 6 nitrogen and oxygen atoms in total. The van der Waals surface area contributed by atoms with Crippen molar-refractivity contribution in [2.45, 2.75) is 18.9 Å². The minimum absolute atomic E-state index is 0.234. The van der Waals surface area contributed by atoms with Gasteiger partial charge in [0, 0.05) is 0 Å². The van der Waals surface area contributed by atoms with Gasteiger partial charge in [0.25, 0.3) is 5.91 Å². The van der Waals surface area contributed by atoms with Crippen LogP contribution in [0.1, 0.15) is 23.7 Å². The number of ether oxygens (including phenoxy) is 2. The van der Waals surface area contributed by atoms with Crippen molar-refractivity contribution >= 4 is 5.91 Å². The fourth-order valence-corrected chi connectivity index (χ4v) is 1.82. The van der Waals surface area contributed by atoms with E-state index < -0.39 is 11.4 Å². The molecule has 3 N–H and O–H groups in total. The first-order valence-corrected chi connectivity index (χ1v) is 6.32. The third-order valence-electron chi connectivity index (χ3n) is 3.32. The van der Waals surface area contributed by atoms with Gasteiger partial charge < -0.3 is 25.0 Å². The van der Waals surface area contributed by atoms with E-state index in [1.54, 1.807) is 25.1 Å². The van der Waals surface area contributed by atoms with E-state index in [9.17, 15) is 15.0 Å². The molecule has 112 valence electrons. The number of methoxy groups -OCH3 is 2. The SMILES string of the molecule is CCC(CO)(CO)NC(=O)c1c(OC)cccc1OC. The molecule has 0 saturated carbocycles. The third-order valence-corrected chi connectivity index (χ3v) is 3.32. The van der Waals surface area contributed by atoms with E-state index >= 15 is 0 Å². The maximum Gasteiger partial charge on any atom is 0.259 e. The van der Waals surface area contributed by atoms with Crippen LogP contribution < -0.4 is 14.8 Å². The van der Waals surface area contributed by atoms with Gasteiger partial charge >= 0.3 is 0 Å². The summed E-state index contributed by atoms with van der Waals surface area (Å²) in [5.74, 6) is 0.259. The number of amides is 1. The maximum absolute atomic E-state index is 12.4. The molecule has 0 heterocycles. The Bertz CT molecular complexity index is 426. The number of aliphatic hydroxyl groups is 2. The third kappa shape index (κ3) is 3.20. The second kappa shape index (κ2) is 7.12. The Hall–Kier alpha value is -1.79. The molecule has 20 heavy (non-hydrogen) atoms. The summed E-state index contributed by atoms with van der Waals surface area (Å²) in [6.45, 7) is 1.05. The first-order chi connectivity index (χ1) is 9.57. The Labute approximate surface area is 118 Å². The molecule has 0 saturated heterocycles. The molecular formula is C14H21NO5. The van der Waals surface area contributed by atoms with Gasteiger partial charge in [-0.1, -0.05) is 13.0 Å². The Kier molecular flexibility index (Phi) is 5.79. The standard InChI is InChI=1S/C14H21NO5/c1-4-14(8-16,9-17)15-13(18)12-10(19-2)6-5-7-11(12)20-3/h5-7,16-17H,4,8-9H2,1-3H3,(H,15,18). The van der Waals surface area contributed by atoms with E-state index in [4.69, 9.17) is 9.47 Å². The fraction of sp³-hybridized carbons (Fsp3) is 0.500. The van der Waals surface area contributed by atoms with E-state index in [-0.39, 0.29) is 18.8 Å². The summed E-state index contributed by atoms with van der Waals surface area (Å²) >= 11 is 0. The molecule has 0 spiro atoms. The molecular weight excluding hydrogens is 262 g/mol. The second-order valence-corrected chi connectivity index (χ2v) is 4.44. The van der Waals surface area contributed by atoms with E-state index in [1.165, 1.54) is 14.2 Å². The molecule has 0 bridgehead atoms. The number of hydrogen-bond acceptors (Lipinski definition) is 5. The molecule has 0 aliphatic rings. The van der Waals surface area contributed by atoms with Gasteiger partial charge in [0.05, 0.1) is 33.0 Å². The lowest BCUT2D eigenvalue weighted by atomic mass is 9.97. The van der Waals surface area contributed by atoms with Crippen LogP contribution in [0.5, 0.6) is 11.5 Å². The van der Waals surface area contributed by atoms with Crippen molar-refractivity contribution in [1.82, 2.24) is 5.32 Å². The zero-order valence-electron chi connectivity index (χ0n) is 12.0. The van der Waals surface area contributed by atoms with Crippen LogP contribution in [-0.4, -0.2) is 49.1 Å². The maximum atomic E-state index is 12.4. The van der Waals surface area contributed by atoms with E-state index in [0.717, 1.165) is 0 Å². The zero-order valence-corrected chi connectivity index (χ0v) is 12.0. The topological polar surface area (TPSA) is 88.0 Å². The van der Waals surface area contributed by atoms with Crippen molar-refractivity contribution in [3.63, 3.8) is 0 Å². The lowest BCUT2D eigenvalue weighted by molar-refractivity contribution is 0.0648. The van der Waals surface area contributed by atoms with Crippen LogP contribution in [0.25, 0.3) is 0 Å². The predicted octanol–water partition coefficient (Wildman–Crippen LogP) is 0.567. The van der Waals surface area contributed by atoms with Crippen LogP contribution in [0.2, 0.25) is 0 Å². The molecule has 1 rings (SSSR count). The summed E-state index contributed by atoms with van der Waals surface area (Å²) in [5, 5.41) is 21.4. The second-order valence-electron chi connectivity index (χ2n) is 4.44. The monoisotopic (exact) mass is 283 g/mol. The van der Waals surface area contributed by atoms with Gasteiger partial charge in [-0.2, -0.15) is 0 Å². The fourth-order valence-electron chi connectivity index (χ4n) is 1.82. The number of benzene rings is 1. The molecule has 0 unspecified atom stereocenters. The van der Waals surface area contributed by atoms with Gasteiger partial charge in [-0.3, -0.25) is 4.79 Å². The van der Waals surface area contributed by atoms with Crippen LogP contribution in [0.15, 0.2) is 18.2 Å². The summed E-state index contributed by atoms with van der Waals surface area (Å²) in [4.78, 5) is 12.4. The van der Waals surface area contributed by atoms with Crippen molar-refractivity contribution < 1.29 is 24.5 Å². The molecule has 0 radical (unpaired) electrons. The zero-order chi connectivity index (χ0) is 15.2. The molecule has 0 fully saturated rings. The smallest absolute Gasteiger partial charge is 0.259 e. The first-order valence-electron chi connectivity index (χ1n) is 6.32. The molecule has 0 aliphatic heterocycles. The Morgan fingerprint density at radius 2 is 1.70 bits per heavy atom. The highest BCUT2D eigenvalue weighted by atomic mass is 16.5. The van der Waals surface area contributed by atoms with Gasteiger partial charge in [0.1, 0.15) is 17.1 Å². The minimum Gasteiger partial charge on any atom is -0.496 e. The van der Waals surface area contributed by atoms with Gasteiger partial charge in [-0.25, -0.2) is 0 Å². The van der Waals surface area contributed by atoms with Crippen LogP contribution in [0.4, 0.5) is 0 Å². The summed E-state index contributed by atoms with van der Waals surface area (Å²) in [6.07, 6.45) is 0.392. The number of hydrogen-bond donors (Lipinski definition) is 3. The quantitative estimate of drug-likeness (QED) is 0.681. The number of rotatable bonds is 7. The average Bonchev–Trinajstić information content (AvgIpc) is 2.51. The highest BCUT2D eigenvalue weighted by Crippen LogP contribution is 2.28. The first kappa shape index (κ1) is 16.3. The minimum atomic E-state index is -1.07. The van der Waals surface area contributed by atoms with E-state index in [0.29, 0.717) is 17.9 Å². The van der Waals surface area contributed by atoms with Crippen LogP contribution in [0, 0.1) is 0 Å². The highest BCUT2D eigenvalue weighted by molar-refractivity contribution is 6.00. The molecule has 0 aromatic heterocycles. The van der Waals surface area contributed by atoms with Crippen molar-refractivity contribution in [3.8, 4) is 11.5 Å². The molecule has 6 heteroatoms. The van der Waals surface area contributed by atoms with Gasteiger partial charge in [0.2, 0.25) is 0 Å². The number of nitrogens with one attached hydrogen (secondary N) is 1. The summed E-state index contributed by atoms with van der Waals surface area (Å²) in [5.41, 5.74) is -0.833. The Morgan fingerprint density at radius 1 is 1.20 bits per heavy atom. The summed E-state index contributed by atoms with van der Waals surface area (Å²) in [7, 11) is 2.91. The van der Waals surface area contributed by atoms with Crippen molar-refractivity contribution in [2.24, 2.45) is 0 Å². The summed E-state index contributed by atoms with van der Waals surface area (Å²) < 4.78 is 10.3. The molecule has 1 amide bonds. The van der Waals surface area contributed by atoms with Crippen LogP contribution >= 0.6 is 0 Å². The van der Waals surface area contributed by atoms with Crippen molar-refractivity contribution in [3.05, 3.63) is 23.8 Å². The van der Waals surface area contributed by atoms with E-state index in [2.05, 4.69) is 5.32 Å². The largest absolute Gasteiger partial charge is 0.496 e. The molecule has 0 atom stereocenters. The number of aliphatic hydroxyl groups excluding tert-OH is 2. The van der Waals surface area contributed by atoms with Crippen molar-refractivity contribution in [2.75, 3.05) is 27.4 Å². The number of carbonyl (C=O) groups excluding carboxylic acids is 1. The van der Waals surface area contributed by atoms with Crippen LogP contribution in [-0.2, 0) is 0 Å². The highest BCUT2D eigenvalue weighted by Gasteiger charge is 2.31. The van der Waals surface area contributed by atoms with Crippen LogP contribution in [0.3, 0.4) is 0 Å². The average molecular weight is 283 g/mol. The van der Waals surface area contributed by atoms with E-state index in [1.807, 2.05) is 0 Å². The lowest BCUT2D eigenvalue weighted by Gasteiger charge is -2.30. The normalized spacial score (nSPS) is 11.1. The molecule has 1 aromatic rings. The van der Waals surface area contributed by atoms with Crippen molar-refractivity contribution in [1.29, 1.82) is 0 Å². The summed E-state index contributed by atoms with van der Waals surface area (Å²) in [6, 6.07) is 4.99. The predicted molar refractivity (Wildman–Crippen MR) is 74.2 cm³/mol. The van der Waals surface area contributed by atoms with Gasteiger partial charge in [-0.15, -0.1) is 0 Å². The van der Waals surface area contributed by atoms with Gasteiger partial charge in [-0.05, 0) is 18.6 Å². The molecule has 0 aliphatic carbocycles. The number of carbonyl (C=O) groups is 1. The lowest BCUT2D eigenvalue weighted by Crippen LogP contribution is -2.53. The Balaban J connectivity index is 3.14. The van der Waals surface area contributed by atoms with Gasteiger partial charge in [0.15, 0.2) is 0 Å². The molecule has 1 aromatic carbocycles.